The molecule has 26 heavy (non-hydrogen) atoms. The van der Waals surface area contributed by atoms with Crippen molar-refractivity contribution in [2.75, 3.05) is 26.2 Å². The van der Waals surface area contributed by atoms with E-state index in [1.807, 2.05) is 4.90 Å². The van der Waals surface area contributed by atoms with Crippen molar-refractivity contribution in [3.63, 3.8) is 0 Å². The van der Waals surface area contributed by atoms with Gasteiger partial charge in [-0.3, -0.25) is 9.59 Å². The Balaban J connectivity index is 1.41. The third-order valence-electron chi connectivity index (χ3n) is 5.47. The van der Waals surface area contributed by atoms with E-state index in [2.05, 4.69) is 0 Å². The Labute approximate surface area is 154 Å². The lowest BCUT2D eigenvalue weighted by atomic mass is 10.0. The second-order valence-electron chi connectivity index (χ2n) is 7.28. The van der Waals surface area contributed by atoms with Crippen molar-refractivity contribution in [2.45, 2.75) is 38.5 Å². The van der Waals surface area contributed by atoms with Gasteiger partial charge in [0.2, 0.25) is 11.8 Å². The highest BCUT2D eigenvalue weighted by atomic mass is 19.1. The van der Waals surface area contributed by atoms with Gasteiger partial charge in [0.25, 0.3) is 0 Å². The van der Waals surface area contributed by atoms with E-state index in [0.29, 0.717) is 32.6 Å². The van der Waals surface area contributed by atoms with Crippen LogP contribution in [-0.4, -0.2) is 47.8 Å². The van der Waals surface area contributed by atoms with Crippen molar-refractivity contribution in [3.8, 4) is 0 Å². The van der Waals surface area contributed by atoms with Gasteiger partial charge in [-0.25, -0.2) is 4.39 Å². The van der Waals surface area contributed by atoms with Gasteiger partial charge in [0.15, 0.2) is 0 Å². The van der Waals surface area contributed by atoms with Crippen LogP contribution in [-0.2, 0) is 9.59 Å². The highest BCUT2D eigenvalue weighted by molar-refractivity contribution is 5.92. The molecule has 1 saturated carbocycles. The van der Waals surface area contributed by atoms with Gasteiger partial charge in [0.1, 0.15) is 5.82 Å². The molecule has 1 saturated heterocycles. The molecule has 0 bridgehead atoms. The molecule has 140 valence electrons. The van der Waals surface area contributed by atoms with Crippen LogP contribution < -0.4 is 0 Å². The van der Waals surface area contributed by atoms with Crippen molar-refractivity contribution < 1.29 is 14.0 Å². The summed E-state index contributed by atoms with van der Waals surface area (Å²) in [5, 5.41) is 0. The molecule has 0 radical (unpaired) electrons. The van der Waals surface area contributed by atoms with Crippen LogP contribution in [0.3, 0.4) is 0 Å². The second-order valence-corrected chi connectivity index (χ2v) is 7.28. The van der Waals surface area contributed by atoms with Crippen LogP contribution in [0.2, 0.25) is 0 Å². The van der Waals surface area contributed by atoms with Gasteiger partial charge in [0.05, 0.1) is 0 Å². The molecule has 4 nitrogen and oxygen atoms in total. The summed E-state index contributed by atoms with van der Waals surface area (Å²) in [4.78, 5) is 28.3. The summed E-state index contributed by atoms with van der Waals surface area (Å²) >= 11 is 0. The Kier molecular flexibility index (Phi) is 6.42. The van der Waals surface area contributed by atoms with Gasteiger partial charge < -0.3 is 9.80 Å². The molecule has 0 aromatic heterocycles. The molecule has 2 amide bonds. The number of amides is 2. The number of piperazine rings is 1. The topological polar surface area (TPSA) is 40.6 Å². The zero-order valence-electron chi connectivity index (χ0n) is 15.2. The number of rotatable bonds is 5. The fourth-order valence-corrected chi connectivity index (χ4v) is 3.81. The lowest BCUT2D eigenvalue weighted by molar-refractivity contribution is -0.137. The largest absolute Gasteiger partial charge is 0.339 e. The molecule has 3 rings (SSSR count). The van der Waals surface area contributed by atoms with Crippen molar-refractivity contribution in [2.24, 2.45) is 5.92 Å². The molecular formula is C21H27FN2O2. The van der Waals surface area contributed by atoms with E-state index in [1.165, 1.54) is 43.9 Å². The fourth-order valence-electron chi connectivity index (χ4n) is 3.81. The van der Waals surface area contributed by atoms with Gasteiger partial charge in [-0.2, -0.15) is 0 Å². The first-order valence-electron chi connectivity index (χ1n) is 9.62. The molecule has 0 unspecified atom stereocenters. The monoisotopic (exact) mass is 358 g/mol. The summed E-state index contributed by atoms with van der Waals surface area (Å²) in [5.41, 5.74) is 0.792. The standard InChI is InChI=1S/C21H27FN2O2/c22-19-9-5-18(6-10-19)8-12-21(26)24-15-13-23(14-16-24)20(25)11-7-17-3-1-2-4-17/h5-6,8-10,12,17H,1-4,7,11,13-16H2. The number of carbonyl (C=O) groups is 2. The third kappa shape index (κ3) is 5.16. The van der Waals surface area contributed by atoms with Crippen molar-refractivity contribution >= 4 is 17.9 Å². The second kappa shape index (κ2) is 8.97. The number of hydrogen-bond donors (Lipinski definition) is 0. The minimum absolute atomic E-state index is 0.0626. The van der Waals surface area contributed by atoms with Gasteiger partial charge >= 0.3 is 0 Å². The Morgan fingerprint density at radius 1 is 1.00 bits per heavy atom. The number of benzene rings is 1. The van der Waals surface area contributed by atoms with Gasteiger partial charge in [0, 0.05) is 38.7 Å². The summed E-state index contributed by atoms with van der Waals surface area (Å²) in [7, 11) is 0. The van der Waals surface area contributed by atoms with E-state index in [0.717, 1.165) is 17.9 Å². The molecule has 1 aromatic rings. The minimum Gasteiger partial charge on any atom is -0.339 e. The predicted molar refractivity (Wildman–Crippen MR) is 99.8 cm³/mol. The smallest absolute Gasteiger partial charge is 0.246 e. The van der Waals surface area contributed by atoms with E-state index in [1.54, 1.807) is 23.1 Å². The van der Waals surface area contributed by atoms with Crippen LogP contribution >= 0.6 is 0 Å². The first-order valence-corrected chi connectivity index (χ1v) is 9.62. The average molecular weight is 358 g/mol. The molecule has 1 aliphatic carbocycles. The summed E-state index contributed by atoms with van der Waals surface area (Å²) in [5.74, 6) is 0.610. The molecule has 2 fully saturated rings. The predicted octanol–water partition coefficient (Wildman–Crippen LogP) is 3.48. The van der Waals surface area contributed by atoms with E-state index >= 15 is 0 Å². The quantitative estimate of drug-likeness (QED) is 0.756. The Morgan fingerprint density at radius 3 is 2.27 bits per heavy atom. The number of hydrogen-bond acceptors (Lipinski definition) is 2. The molecule has 5 heteroatoms. The average Bonchev–Trinajstić information content (AvgIpc) is 3.19. The zero-order chi connectivity index (χ0) is 18.4. The summed E-state index contributed by atoms with van der Waals surface area (Å²) in [6.07, 6.45) is 10.0. The van der Waals surface area contributed by atoms with Crippen molar-refractivity contribution in [1.82, 2.24) is 9.80 Å². The van der Waals surface area contributed by atoms with Crippen LogP contribution in [0.1, 0.15) is 44.1 Å². The Bertz CT molecular complexity index is 642. The van der Waals surface area contributed by atoms with Crippen LogP contribution in [0.4, 0.5) is 4.39 Å². The molecule has 0 N–H and O–H groups in total. The highest BCUT2D eigenvalue weighted by Crippen LogP contribution is 2.28. The maximum absolute atomic E-state index is 12.9. The molecule has 1 aliphatic heterocycles. The zero-order valence-corrected chi connectivity index (χ0v) is 15.2. The normalized spacial score (nSPS) is 18.7. The van der Waals surface area contributed by atoms with Gasteiger partial charge in [-0.1, -0.05) is 37.8 Å². The van der Waals surface area contributed by atoms with E-state index in [-0.39, 0.29) is 17.6 Å². The summed E-state index contributed by atoms with van der Waals surface area (Å²) in [6, 6.07) is 6.03. The maximum atomic E-state index is 12.9. The fraction of sp³-hybridized carbons (Fsp3) is 0.524. The molecule has 2 aliphatic rings. The lowest BCUT2D eigenvalue weighted by Gasteiger charge is -2.34. The molecule has 1 heterocycles. The Morgan fingerprint density at radius 2 is 1.62 bits per heavy atom. The SMILES string of the molecule is O=C(C=Cc1ccc(F)cc1)N1CCN(C(=O)CCC2CCCC2)CC1. The minimum atomic E-state index is -0.290. The van der Waals surface area contributed by atoms with Crippen molar-refractivity contribution in [3.05, 3.63) is 41.7 Å². The van der Waals surface area contributed by atoms with Crippen LogP contribution in [0.25, 0.3) is 6.08 Å². The van der Waals surface area contributed by atoms with E-state index in [4.69, 9.17) is 0 Å². The molecular weight excluding hydrogens is 331 g/mol. The summed E-state index contributed by atoms with van der Waals surface area (Å²) < 4.78 is 12.9. The molecule has 0 spiro atoms. The molecule has 1 aromatic carbocycles. The summed E-state index contributed by atoms with van der Waals surface area (Å²) in [6.45, 7) is 2.36. The lowest BCUT2D eigenvalue weighted by Crippen LogP contribution is -2.50. The first-order chi connectivity index (χ1) is 12.6. The van der Waals surface area contributed by atoms with E-state index < -0.39 is 0 Å². The van der Waals surface area contributed by atoms with Crippen LogP contribution in [0.5, 0.6) is 0 Å². The number of nitrogens with zero attached hydrogens (tertiary/aromatic N) is 2. The van der Waals surface area contributed by atoms with Crippen LogP contribution in [0, 0.1) is 11.7 Å². The molecule has 0 atom stereocenters. The first kappa shape index (κ1) is 18.6. The van der Waals surface area contributed by atoms with Crippen molar-refractivity contribution in [1.29, 1.82) is 0 Å². The third-order valence-corrected chi connectivity index (χ3v) is 5.47. The van der Waals surface area contributed by atoms with E-state index in [9.17, 15) is 14.0 Å². The highest BCUT2D eigenvalue weighted by Gasteiger charge is 2.24. The van der Waals surface area contributed by atoms with Gasteiger partial charge in [-0.05, 0) is 36.1 Å². The Hall–Kier alpha value is -2.17. The number of halogens is 1. The number of carbonyl (C=O) groups excluding carboxylic acids is 2. The maximum Gasteiger partial charge on any atom is 0.246 e. The van der Waals surface area contributed by atoms with Crippen LogP contribution in [0.15, 0.2) is 30.3 Å². The van der Waals surface area contributed by atoms with Gasteiger partial charge in [-0.15, -0.1) is 0 Å².